The number of aromatic nitrogens is 1. The fraction of sp³-hybridized carbons (Fsp3) is 0.538. The van der Waals surface area contributed by atoms with E-state index >= 15 is 0 Å². The van der Waals surface area contributed by atoms with E-state index in [2.05, 4.69) is 20.3 Å². The van der Waals surface area contributed by atoms with E-state index in [0.717, 1.165) is 13.0 Å². The molecule has 2 heterocycles. The molecule has 7 nitrogen and oxygen atoms in total. The van der Waals surface area contributed by atoms with Crippen molar-refractivity contribution < 1.29 is 13.2 Å². The van der Waals surface area contributed by atoms with Crippen LogP contribution in [-0.4, -0.2) is 38.4 Å². The molecule has 1 unspecified atom stereocenters. The van der Waals surface area contributed by atoms with Gasteiger partial charge in [-0.25, -0.2) is 18.1 Å². The SMILES string of the molecule is CCCNc1ccc(S(=O)(=O)NCC2CCC(=O)N2)cn1. The number of nitrogens with one attached hydrogen (secondary N) is 3. The van der Waals surface area contributed by atoms with E-state index in [0.29, 0.717) is 18.7 Å². The van der Waals surface area contributed by atoms with Crippen molar-refractivity contribution in [2.24, 2.45) is 0 Å². The average Bonchev–Trinajstić information content (AvgIpc) is 2.89. The van der Waals surface area contributed by atoms with E-state index in [1.165, 1.54) is 12.3 Å². The molecular formula is C13H20N4O3S. The van der Waals surface area contributed by atoms with Gasteiger partial charge >= 0.3 is 0 Å². The first-order chi connectivity index (χ1) is 10.0. The molecule has 1 aromatic rings. The van der Waals surface area contributed by atoms with Crippen molar-refractivity contribution in [3.8, 4) is 0 Å². The van der Waals surface area contributed by atoms with Crippen molar-refractivity contribution >= 4 is 21.7 Å². The highest BCUT2D eigenvalue weighted by atomic mass is 32.2. The van der Waals surface area contributed by atoms with Crippen molar-refractivity contribution in [1.82, 2.24) is 15.0 Å². The molecule has 0 saturated carbocycles. The molecule has 0 aromatic carbocycles. The summed E-state index contributed by atoms with van der Waals surface area (Å²) in [7, 11) is -3.59. The lowest BCUT2D eigenvalue weighted by Gasteiger charge is -2.12. The van der Waals surface area contributed by atoms with Crippen LogP contribution in [0.4, 0.5) is 5.82 Å². The lowest BCUT2D eigenvalue weighted by Crippen LogP contribution is -2.38. The van der Waals surface area contributed by atoms with Crippen molar-refractivity contribution in [2.45, 2.75) is 37.1 Å². The van der Waals surface area contributed by atoms with Crippen molar-refractivity contribution in [2.75, 3.05) is 18.4 Å². The third-order valence-electron chi connectivity index (χ3n) is 3.21. The lowest BCUT2D eigenvalue weighted by atomic mass is 10.2. The monoisotopic (exact) mass is 312 g/mol. The molecule has 8 heteroatoms. The van der Waals surface area contributed by atoms with Crippen LogP contribution in [0.2, 0.25) is 0 Å². The average molecular weight is 312 g/mol. The smallest absolute Gasteiger partial charge is 0.242 e. The first-order valence-corrected chi connectivity index (χ1v) is 8.48. The minimum Gasteiger partial charge on any atom is -0.370 e. The molecular weight excluding hydrogens is 292 g/mol. The van der Waals surface area contributed by atoms with Crippen LogP contribution in [0.3, 0.4) is 0 Å². The normalized spacial score (nSPS) is 18.5. The zero-order chi connectivity index (χ0) is 15.3. The van der Waals surface area contributed by atoms with Crippen LogP contribution in [0.1, 0.15) is 26.2 Å². The van der Waals surface area contributed by atoms with E-state index in [-0.39, 0.29) is 23.4 Å². The summed E-state index contributed by atoms with van der Waals surface area (Å²) in [6.45, 7) is 3.03. The molecule has 1 fully saturated rings. The van der Waals surface area contributed by atoms with Gasteiger partial charge in [-0.05, 0) is 25.0 Å². The summed E-state index contributed by atoms with van der Waals surface area (Å²) in [5.74, 6) is 0.617. The zero-order valence-electron chi connectivity index (χ0n) is 11.9. The van der Waals surface area contributed by atoms with Gasteiger partial charge < -0.3 is 10.6 Å². The minimum absolute atomic E-state index is 0.0350. The number of pyridine rings is 1. The van der Waals surface area contributed by atoms with Gasteiger partial charge in [0, 0.05) is 31.7 Å². The Hall–Kier alpha value is -1.67. The van der Waals surface area contributed by atoms with E-state index in [1.807, 2.05) is 6.92 Å². The van der Waals surface area contributed by atoms with Gasteiger partial charge in [0.1, 0.15) is 10.7 Å². The Labute approximate surface area is 124 Å². The van der Waals surface area contributed by atoms with Crippen LogP contribution >= 0.6 is 0 Å². The highest BCUT2D eigenvalue weighted by Crippen LogP contribution is 2.12. The lowest BCUT2D eigenvalue weighted by molar-refractivity contribution is -0.119. The number of amides is 1. The molecule has 0 aliphatic carbocycles. The van der Waals surface area contributed by atoms with Crippen LogP contribution < -0.4 is 15.4 Å². The molecule has 1 amide bonds. The third-order valence-corrected chi connectivity index (χ3v) is 4.62. The highest BCUT2D eigenvalue weighted by Gasteiger charge is 2.23. The second-order valence-electron chi connectivity index (χ2n) is 4.96. The fourth-order valence-corrected chi connectivity index (χ4v) is 3.05. The molecule has 3 N–H and O–H groups in total. The Morgan fingerprint density at radius 1 is 1.43 bits per heavy atom. The third kappa shape index (κ3) is 4.40. The molecule has 1 aliphatic rings. The predicted molar refractivity (Wildman–Crippen MR) is 79.4 cm³/mol. The number of anilines is 1. The number of carbonyl (C=O) groups excluding carboxylic acids is 1. The van der Waals surface area contributed by atoms with Gasteiger partial charge in [-0.3, -0.25) is 4.79 Å². The van der Waals surface area contributed by atoms with Crippen molar-refractivity contribution in [1.29, 1.82) is 0 Å². The van der Waals surface area contributed by atoms with Gasteiger partial charge in [-0.2, -0.15) is 0 Å². The molecule has 0 radical (unpaired) electrons. The van der Waals surface area contributed by atoms with Gasteiger partial charge in [0.15, 0.2) is 0 Å². The molecule has 1 aliphatic heterocycles. The molecule has 21 heavy (non-hydrogen) atoms. The highest BCUT2D eigenvalue weighted by molar-refractivity contribution is 7.89. The topological polar surface area (TPSA) is 100 Å². The summed E-state index contributed by atoms with van der Waals surface area (Å²) in [6, 6.07) is 3.02. The fourth-order valence-electron chi connectivity index (χ4n) is 2.02. The van der Waals surface area contributed by atoms with Crippen molar-refractivity contribution in [3.63, 3.8) is 0 Å². The van der Waals surface area contributed by atoms with E-state index < -0.39 is 10.0 Å². The number of nitrogens with zero attached hydrogens (tertiary/aromatic N) is 1. The van der Waals surface area contributed by atoms with Crippen LogP contribution in [0, 0.1) is 0 Å². The zero-order valence-corrected chi connectivity index (χ0v) is 12.7. The largest absolute Gasteiger partial charge is 0.370 e. The maximum absolute atomic E-state index is 12.1. The first-order valence-electron chi connectivity index (χ1n) is 7.00. The Bertz CT molecular complexity index is 586. The molecule has 0 spiro atoms. The van der Waals surface area contributed by atoms with Gasteiger partial charge in [0.2, 0.25) is 15.9 Å². The molecule has 1 aromatic heterocycles. The number of hydrogen-bond acceptors (Lipinski definition) is 5. The van der Waals surface area contributed by atoms with Crippen LogP contribution in [0.5, 0.6) is 0 Å². The molecule has 2 rings (SSSR count). The second kappa shape index (κ2) is 6.86. The van der Waals surface area contributed by atoms with Crippen LogP contribution in [0.15, 0.2) is 23.2 Å². The number of hydrogen-bond donors (Lipinski definition) is 3. The van der Waals surface area contributed by atoms with Gasteiger partial charge in [-0.1, -0.05) is 6.92 Å². The maximum atomic E-state index is 12.1. The standard InChI is InChI=1S/C13H20N4O3S/c1-2-7-14-12-5-4-11(9-15-12)21(19,20)16-8-10-3-6-13(18)17-10/h4-5,9-10,16H,2-3,6-8H2,1H3,(H,14,15)(H,17,18). The molecule has 1 saturated heterocycles. The molecule has 1 atom stereocenters. The van der Waals surface area contributed by atoms with E-state index in [9.17, 15) is 13.2 Å². The summed E-state index contributed by atoms with van der Waals surface area (Å²) in [5, 5.41) is 5.80. The quantitative estimate of drug-likeness (QED) is 0.679. The van der Waals surface area contributed by atoms with Crippen LogP contribution in [-0.2, 0) is 14.8 Å². The molecule has 0 bridgehead atoms. The predicted octanol–water partition coefficient (Wildman–Crippen LogP) is 0.460. The summed E-state index contributed by atoms with van der Waals surface area (Å²) in [4.78, 5) is 15.3. The van der Waals surface area contributed by atoms with E-state index in [4.69, 9.17) is 0 Å². The first kappa shape index (κ1) is 15.7. The van der Waals surface area contributed by atoms with Crippen molar-refractivity contribution in [3.05, 3.63) is 18.3 Å². The number of carbonyl (C=O) groups is 1. The summed E-state index contributed by atoms with van der Waals surface area (Å²) < 4.78 is 26.7. The van der Waals surface area contributed by atoms with Crippen LogP contribution in [0.25, 0.3) is 0 Å². The molecule has 116 valence electrons. The Kier molecular flexibility index (Phi) is 5.13. The second-order valence-corrected chi connectivity index (χ2v) is 6.73. The Morgan fingerprint density at radius 2 is 2.24 bits per heavy atom. The van der Waals surface area contributed by atoms with E-state index in [1.54, 1.807) is 6.07 Å². The number of rotatable bonds is 7. The number of sulfonamides is 1. The Morgan fingerprint density at radius 3 is 2.81 bits per heavy atom. The summed E-state index contributed by atoms with van der Waals surface area (Å²) >= 11 is 0. The summed E-state index contributed by atoms with van der Waals surface area (Å²) in [6.07, 6.45) is 3.40. The summed E-state index contributed by atoms with van der Waals surface area (Å²) in [5.41, 5.74) is 0. The van der Waals surface area contributed by atoms with Gasteiger partial charge in [-0.15, -0.1) is 0 Å². The Balaban J connectivity index is 1.93. The maximum Gasteiger partial charge on any atom is 0.242 e. The minimum atomic E-state index is -3.59. The van der Waals surface area contributed by atoms with Gasteiger partial charge in [0.25, 0.3) is 0 Å². The van der Waals surface area contributed by atoms with Gasteiger partial charge in [0.05, 0.1) is 0 Å².